The Bertz CT molecular complexity index is 479. The van der Waals surface area contributed by atoms with E-state index in [0.29, 0.717) is 6.42 Å². The number of para-hydroxylation sites is 2. The van der Waals surface area contributed by atoms with Gasteiger partial charge in [0.2, 0.25) is 0 Å². The predicted octanol–water partition coefficient (Wildman–Crippen LogP) is 2.21. The lowest BCUT2D eigenvalue weighted by Crippen LogP contribution is -2.11. The second-order valence-electron chi connectivity index (χ2n) is 3.41. The first kappa shape index (κ1) is 9.80. The number of nitrogens with two attached hydrogens (primary N) is 1. The van der Waals surface area contributed by atoms with Crippen LogP contribution in [0.4, 0.5) is 0 Å². The Labute approximate surface area is 88.7 Å². The largest absolute Gasteiger partial charge is 0.322 e. The van der Waals surface area contributed by atoms with E-state index in [9.17, 15) is 0 Å². The highest BCUT2D eigenvalue weighted by Gasteiger charge is 2.06. The summed E-state index contributed by atoms with van der Waals surface area (Å²) in [6.07, 6.45) is 4.24. The van der Waals surface area contributed by atoms with Crippen LogP contribution in [-0.2, 0) is 0 Å². The van der Waals surface area contributed by atoms with Crippen molar-refractivity contribution >= 4 is 11.0 Å². The Kier molecular flexibility index (Phi) is 2.74. The molecule has 0 amide bonds. The summed E-state index contributed by atoms with van der Waals surface area (Å²) in [6, 6.07) is 7.65. The quantitative estimate of drug-likeness (QED) is 0.771. The van der Waals surface area contributed by atoms with E-state index in [-0.39, 0.29) is 6.04 Å². The van der Waals surface area contributed by atoms with E-state index in [0.717, 1.165) is 16.7 Å². The molecule has 0 spiro atoms. The molecule has 1 unspecified atom stereocenters. The summed E-state index contributed by atoms with van der Waals surface area (Å²) >= 11 is 0. The smallest absolute Gasteiger partial charge is 0.0890 e. The van der Waals surface area contributed by atoms with E-state index in [1.54, 1.807) is 12.3 Å². The van der Waals surface area contributed by atoms with E-state index in [1.165, 1.54) is 0 Å². The number of benzene rings is 1. The van der Waals surface area contributed by atoms with Crippen molar-refractivity contribution in [2.24, 2.45) is 5.73 Å². The van der Waals surface area contributed by atoms with Gasteiger partial charge in [-0.2, -0.15) is 0 Å². The van der Waals surface area contributed by atoms with Crippen molar-refractivity contribution in [2.45, 2.75) is 12.5 Å². The molecule has 0 aliphatic carbocycles. The van der Waals surface area contributed by atoms with Gasteiger partial charge in [0.25, 0.3) is 0 Å². The molecular weight excluding hydrogens is 186 g/mol. The molecule has 2 rings (SSSR count). The van der Waals surface area contributed by atoms with Gasteiger partial charge < -0.3 is 5.73 Å². The summed E-state index contributed by atoms with van der Waals surface area (Å²) in [5.74, 6) is 0. The molecule has 0 aliphatic heterocycles. The average molecular weight is 199 g/mol. The summed E-state index contributed by atoms with van der Waals surface area (Å²) in [5.41, 5.74) is 8.52. The number of fused-ring (bicyclic) bond motifs is 1. The summed E-state index contributed by atoms with van der Waals surface area (Å²) in [6.45, 7) is 3.66. The minimum Gasteiger partial charge on any atom is -0.322 e. The van der Waals surface area contributed by atoms with Crippen molar-refractivity contribution in [3.8, 4) is 0 Å². The van der Waals surface area contributed by atoms with Crippen molar-refractivity contribution in [3.05, 3.63) is 48.8 Å². The molecule has 3 nitrogen and oxygen atoms in total. The van der Waals surface area contributed by atoms with Crippen LogP contribution in [0.25, 0.3) is 11.0 Å². The standard InChI is InChI=1S/C12H13N3/c1-2-5-9(13)12-8-14-10-6-3-4-7-11(10)15-12/h2-4,6-9H,1,5,13H2. The molecule has 0 saturated carbocycles. The van der Waals surface area contributed by atoms with Gasteiger partial charge in [0, 0.05) is 0 Å². The molecule has 15 heavy (non-hydrogen) atoms. The van der Waals surface area contributed by atoms with E-state index in [2.05, 4.69) is 16.5 Å². The molecule has 0 fully saturated rings. The van der Waals surface area contributed by atoms with Gasteiger partial charge in [0.05, 0.1) is 29.0 Å². The SMILES string of the molecule is C=CCC(N)c1cnc2ccccc2n1. The van der Waals surface area contributed by atoms with Crippen molar-refractivity contribution in [3.63, 3.8) is 0 Å². The maximum atomic E-state index is 5.92. The Morgan fingerprint density at radius 3 is 2.80 bits per heavy atom. The zero-order valence-electron chi connectivity index (χ0n) is 8.43. The minimum atomic E-state index is -0.111. The van der Waals surface area contributed by atoms with Crippen LogP contribution in [-0.4, -0.2) is 9.97 Å². The lowest BCUT2D eigenvalue weighted by atomic mass is 10.1. The average Bonchev–Trinajstić information content (AvgIpc) is 2.29. The molecule has 1 aromatic heterocycles. The summed E-state index contributed by atoms with van der Waals surface area (Å²) in [5, 5.41) is 0. The third-order valence-electron chi connectivity index (χ3n) is 2.27. The van der Waals surface area contributed by atoms with Gasteiger partial charge in [0.1, 0.15) is 0 Å². The number of hydrogen-bond donors (Lipinski definition) is 1. The molecule has 0 aliphatic rings. The third kappa shape index (κ3) is 2.02. The maximum Gasteiger partial charge on any atom is 0.0890 e. The van der Waals surface area contributed by atoms with Gasteiger partial charge in [-0.3, -0.25) is 4.98 Å². The predicted molar refractivity (Wildman–Crippen MR) is 61.3 cm³/mol. The van der Waals surface area contributed by atoms with Crippen LogP contribution < -0.4 is 5.73 Å². The van der Waals surface area contributed by atoms with E-state index in [1.807, 2.05) is 24.3 Å². The highest BCUT2D eigenvalue weighted by Crippen LogP contribution is 2.14. The van der Waals surface area contributed by atoms with Gasteiger partial charge >= 0.3 is 0 Å². The van der Waals surface area contributed by atoms with Gasteiger partial charge in [-0.25, -0.2) is 4.98 Å². The molecule has 3 heteroatoms. The molecular formula is C12H13N3. The molecule has 76 valence electrons. The van der Waals surface area contributed by atoms with Crippen LogP contribution in [0.1, 0.15) is 18.2 Å². The molecule has 1 atom stereocenters. The van der Waals surface area contributed by atoms with Crippen molar-refractivity contribution < 1.29 is 0 Å². The first-order valence-electron chi connectivity index (χ1n) is 4.89. The first-order valence-corrected chi connectivity index (χ1v) is 4.89. The lowest BCUT2D eigenvalue weighted by molar-refractivity contribution is 0.713. The van der Waals surface area contributed by atoms with Crippen LogP contribution in [0.5, 0.6) is 0 Å². The first-order chi connectivity index (χ1) is 7.31. The summed E-state index contributed by atoms with van der Waals surface area (Å²) in [7, 11) is 0. The fourth-order valence-electron chi connectivity index (χ4n) is 1.45. The van der Waals surface area contributed by atoms with Crippen molar-refractivity contribution in [1.82, 2.24) is 9.97 Å². The topological polar surface area (TPSA) is 51.8 Å². The molecule has 1 aromatic carbocycles. The highest BCUT2D eigenvalue weighted by atomic mass is 14.8. The normalized spacial score (nSPS) is 12.6. The van der Waals surface area contributed by atoms with Gasteiger partial charge in [-0.15, -0.1) is 6.58 Å². The Morgan fingerprint density at radius 2 is 2.07 bits per heavy atom. The molecule has 2 N–H and O–H groups in total. The molecule has 1 heterocycles. The van der Waals surface area contributed by atoms with E-state index < -0.39 is 0 Å². The molecule has 2 aromatic rings. The lowest BCUT2D eigenvalue weighted by Gasteiger charge is -2.08. The summed E-state index contributed by atoms with van der Waals surface area (Å²) < 4.78 is 0. The zero-order chi connectivity index (χ0) is 10.7. The second kappa shape index (κ2) is 4.19. The maximum absolute atomic E-state index is 5.92. The van der Waals surface area contributed by atoms with Crippen molar-refractivity contribution in [1.29, 1.82) is 0 Å². The number of rotatable bonds is 3. The summed E-state index contributed by atoms with van der Waals surface area (Å²) in [4.78, 5) is 8.77. The highest BCUT2D eigenvalue weighted by molar-refractivity contribution is 5.73. The van der Waals surface area contributed by atoms with Crippen LogP contribution in [0.15, 0.2) is 43.1 Å². The number of hydrogen-bond acceptors (Lipinski definition) is 3. The van der Waals surface area contributed by atoms with E-state index in [4.69, 9.17) is 5.73 Å². The zero-order valence-corrected chi connectivity index (χ0v) is 8.43. The second-order valence-corrected chi connectivity index (χ2v) is 3.41. The van der Waals surface area contributed by atoms with Gasteiger partial charge in [-0.05, 0) is 18.6 Å². The van der Waals surface area contributed by atoms with Crippen LogP contribution in [0, 0.1) is 0 Å². The molecule has 0 bridgehead atoms. The Morgan fingerprint density at radius 1 is 1.33 bits per heavy atom. The Hall–Kier alpha value is -1.74. The van der Waals surface area contributed by atoms with Crippen molar-refractivity contribution in [2.75, 3.05) is 0 Å². The van der Waals surface area contributed by atoms with Crippen LogP contribution in [0.2, 0.25) is 0 Å². The van der Waals surface area contributed by atoms with E-state index >= 15 is 0 Å². The fraction of sp³-hybridized carbons (Fsp3) is 0.167. The van der Waals surface area contributed by atoms with Crippen LogP contribution >= 0.6 is 0 Å². The van der Waals surface area contributed by atoms with Crippen LogP contribution in [0.3, 0.4) is 0 Å². The van der Waals surface area contributed by atoms with Gasteiger partial charge in [0.15, 0.2) is 0 Å². The third-order valence-corrected chi connectivity index (χ3v) is 2.27. The number of aromatic nitrogens is 2. The molecule has 0 radical (unpaired) electrons. The number of nitrogens with zero attached hydrogens (tertiary/aromatic N) is 2. The van der Waals surface area contributed by atoms with Gasteiger partial charge in [-0.1, -0.05) is 18.2 Å². The Balaban J connectivity index is 2.42. The monoisotopic (exact) mass is 199 g/mol. The fourth-order valence-corrected chi connectivity index (χ4v) is 1.45. The molecule has 0 saturated heterocycles. The minimum absolute atomic E-state index is 0.111.